The Labute approximate surface area is 320 Å². The summed E-state index contributed by atoms with van der Waals surface area (Å²) in [6.45, 7) is 12.0. The second-order valence-corrected chi connectivity index (χ2v) is 15.5. The normalized spacial score (nSPS) is 13.8. The van der Waals surface area contributed by atoms with Gasteiger partial charge in [-0.1, -0.05) is 155 Å². The molecule has 1 fully saturated rings. The molecule has 0 bridgehead atoms. The first-order valence-electron chi connectivity index (χ1n) is 22.2. The summed E-state index contributed by atoms with van der Waals surface area (Å²) < 4.78 is 18.1. The van der Waals surface area contributed by atoms with Crippen molar-refractivity contribution in [3.63, 3.8) is 0 Å². The molecule has 1 aliphatic heterocycles. The van der Waals surface area contributed by atoms with Gasteiger partial charge in [0, 0.05) is 45.2 Å². The van der Waals surface area contributed by atoms with Crippen molar-refractivity contribution in [1.82, 2.24) is 9.80 Å². The fourth-order valence-electron chi connectivity index (χ4n) is 7.21. The van der Waals surface area contributed by atoms with Gasteiger partial charge in [0.2, 0.25) is 0 Å². The monoisotopic (exact) mass is 731 g/mol. The van der Waals surface area contributed by atoms with E-state index in [1.54, 1.807) is 0 Å². The van der Waals surface area contributed by atoms with Gasteiger partial charge in [-0.15, -0.1) is 0 Å². The third-order valence-electron chi connectivity index (χ3n) is 10.6. The van der Waals surface area contributed by atoms with Crippen molar-refractivity contribution < 1.29 is 24.1 Å². The number of carbonyl (C=O) groups is 1. The number of nitrogens with zero attached hydrogens (tertiary/aromatic N) is 2. The highest BCUT2D eigenvalue weighted by Gasteiger charge is 2.16. The summed E-state index contributed by atoms with van der Waals surface area (Å²) >= 11 is 0. The van der Waals surface area contributed by atoms with E-state index in [0.29, 0.717) is 19.6 Å². The summed E-state index contributed by atoms with van der Waals surface area (Å²) in [5, 5.41) is 9.16. The zero-order valence-electron chi connectivity index (χ0n) is 34.2. The van der Waals surface area contributed by atoms with E-state index in [1.807, 2.05) is 18.2 Å². The third-order valence-corrected chi connectivity index (χ3v) is 10.6. The number of aliphatic hydroxyl groups is 1. The smallest absolute Gasteiger partial charge is 0.306 e. The average molecular weight is 731 g/mol. The Hall–Kier alpha value is -1.83. The topological polar surface area (TPSA) is 71.5 Å². The van der Waals surface area contributed by atoms with Crippen LogP contribution in [0.1, 0.15) is 186 Å². The van der Waals surface area contributed by atoms with Crippen molar-refractivity contribution in [2.75, 3.05) is 59.1 Å². The highest BCUT2D eigenvalue weighted by molar-refractivity contribution is 5.69. The highest BCUT2D eigenvalue weighted by Crippen LogP contribution is 2.25. The lowest BCUT2D eigenvalue weighted by molar-refractivity contribution is -0.145. The number of unbranched alkanes of at least 4 members (excludes halogenated alkanes) is 22. The number of rotatable bonds is 36. The minimum Gasteiger partial charge on any atom is -0.493 e. The van der Waals surface area contributed by atoms with Crippen LogP contribution in [0.3, 0.4) is 0 Å². The Balaban J connectivity index is 1.68. The molecule has 7 nitrogen and oxygen atoms in total. The molecular formula is C45H82N2O5. The SMILES string of the molecule is CCCCCCCCCCCCCCCOc1cc(COC(=O)CCCN2CCN(CCO)CC2)cc(OCCCCCCCCCCCCC)c1. The molecule has 52 heavy (non-hydrogen) atoms. The molecule has 0 saturated carbocycles. The Bertz CT molecular complexity index is 952. The number of esters is 1. The molecule has 0 amide bonds. The Morgan fingerprint density at radius 2 is 0.923 bits per heavy atom. The van der Waals surface area contributed by atoms with Crippen molar-refractivity contribution in [3.8, 4) is 11.5 Å². The zero-order valence-corrected chi connectivity index (χ0v) is 34.2. The molecular weight excluding hydrogens is 649 g/mol. The molecule has 1 heterocycles. The van der Waals surface area contributed by atoms with E-state index in [-0.39, 0.29) is 19.2 Å². The summed E-state index contributed by atoms with van der Waals surface area (Å²) in [5.41, 5.74) is 0.921. The molecule has 0 spiro atoms. The quantitative estimate of drug-likeness (QED) is 0.0544. The van der Waals surface area contributed by atoms with Crippen LogP contribution in [-0.4, -0.2) is 80.0 Å². The van der Waals surface area contributed by atoms with E-state index >= 15 is 0 Å². The minimum absolute atomic E-state index is 0.152. The summed E-state index contributed by atoms with van der Waals surface area (Å²) in [7, 11) is 0. The largest absolute Gasteiger partial charge is 0.493 e. The molecule has 0 aromatic heterocycles. The molecule has 0 unspecified atom stereocenters. The Morgan fingerprint density at radius 3 is 1.33 bits per heavy atom. The summed E-state index contributed by atoms with van der Waals surface area (Å²) in [4.78, 5) is 17.3. The van der Waals surface area contributed by atoms with Crippen LogP contribution < -0.4 is 9.47 Å². The van der Waals surface area contributed by atoms with Gasteiger partial charge < -0.3 is 24.2 Å². The number of piperazine rings is 1. The summed E-state index contributed by atoms with van der Waals surface area (Å²) in [5.74, 6) is 1.46. The molecule has 0 atom stereocenters. The predicted molar refractivity (Wildman–Crippen MR) is 219 cm³/mol. The fraction of sp³-hybridized carbons (Fsp3) is 0.844. The lowest BCUT2D eigenvalue weighted by atomic mass is 10.0. The van der Waals surface area contributed by atoms with Crippen LogP contribution in [0.25, 0.3) is 0 Å². The van der Waals surface area contributed by atoms with E-state index < -0.39 is 0 Å². The van der Waals surface area contributed by atoms with E-state index in [2.05, 4.69) is 23.6 Å². The van der Waals surface area contributed by atoms with E-state index in [4.69, 9.17) is 19.3 Å². The van der Waals surface area contributed by atoms with Crippen molar-refractivity contribution in [2.45, 2.75) is 187 Å². The number of carbonyl (C=O) groups excluding carboxylic acids is 1. The van der Waals surface area contributed by atoms with Crippen LogP contribution >= 0.6 is 0 Å². The number of aliphatic hydroxyl groups excluding tert-OH is 1. The molecule has 0 radical (unpaired) electrons. The van der Waals surface area contributed by atoms with Gasteiger partial charge in [0.05, 0.1) is 19.8 Å². The first-order valence-corrected chi connectivity index (χ1v) is 22.2. The van der Waals surface area contributed by atoms with Gasteiger partial charge in [-0.05, 0) is 43.5 Å². The van der Waals surface area contributed by atoms with Crippen molar-refractivity contribution >= 4 is 5.97 Å². The van der Waals surface area contributed by atoms with Crippen molar-refractivity contribution in [2.24, 2.45) is 0 Å². The van der Waals surface area contributed by atoms with E-state index in [0.717, 1.165) is 75.6 Å². The Kier molecular flexibility index (Phi) is 30.0. The Morgan fingerprint density at radius 1 is 0.538 bits per heavy atom. The number of β-amino-alcohol motifs (C(OH)–C–C–N with tert-alkyl or cyclic N) is 1. The molecule has 0 aliphatic carbocycles. The molecule has 1 aromatic rings. The number of benzene rings is 1. The van der Waals surface area contributed by atoms with E-state index in [9.17, 15) is 4.79 Å². The number of hydrogen-bond acceptors (Lipinski definition) is 7. The molecule has 1 aromatic carbocycles. The van der Waals surface area contributed by atoms with Gasteiger partial charge in [-0.25, -0.2) is 0 Å². The minimum atomic E-state index is -0.152. The second-order valence-electron chi connectivity index (χ2n) is 15.5. The zero-order chi connectivity index (χ0) is 37.2. The van der Waals surface area contributed by atoms with Gasteiger partial charge in [-0.3, -0.25) is 9.69 Å². The van der Waals surface area contributed by atoms with Crippen LogP contribution in [0.4, 0.5) is 0 Å². The van der Waals surface area contributed by atoms with Crippen LogP contribution in [0.15, 0.2) is 18.2 Å². The molecule has 7 heteroatoms. The molecule has 2 rings (SSSR count). The highest BCUT2D eigenvalue weighted by atomic mass is 16.5. The van der Waals surface area contributed by atoms with Crippen molar-refractivity contribution in [3.05, 3.63) is 23.8 Å². The van der Waals surface area contributed by atoms with Crippen molar-refractivity contribution in [1.29, 1.82) is 0 Å². The lowest BCUT2D eigenvalue weighted by Gasteiger charge is -2.34. The maximum absolute atomic E-state index is 12.6. The molecule has 1 saturated heterocycles. The van der Waals surface area contributed by atoms with Crippen LogP contribution in [0.5, 0.6) is 11.5 Å². The maximum atomic E-state index is 12.6. The van der Waals surface area contributed by atoms with Crippen LogP contribution in [0.2, 0.25) is 0 Å². The van der Waals surface area contributed by atoms with Gasteiger partial charge in [0.25, 0.3) is 0 Å². The van der Waals surface area contributed by atoms with Crippen LogP contribution in [-0.2, 0) is 16.1 Å². The fourth-order valence-corrected chi connectivity index (χ4v) is 7.21. The van der Waals surface area contributed by atoms with Crippen LogP contribution in [0, 0.1) is 0 Å². The second kappa shape index (κ2) is 33.7. The molecule has 1 aliphatic rings. The van der Waals surface area contributed by atoms with Gasteiger partial charge in [-0.2, -0.15) is 0 Å². The standard InChI is InChI=1S/C45H82N2O5/c1-3-5-7-9-11-13-15-16-18-20-22-24-26-37-51-44-39-42(41-52-45(49)28-27-29-46-30-32-47(33-31-46)34-35-48)38-43(40-44)50-36-25-23-21-19-17-14-12-10-8-6-4-2/h38-40,48H,3-37,41H2,1-2H3. The number of hydrogen-bond donors (Lipinski definition) is 1. The summed E-state index contributed by atoms with van der Waals surface area (Å²) in [6.07, 6.45) is 33.1. The van der Waals surface area contributed by atoms with Gasteiger partial charge >= 0.3 is 5.97 Å². The predicted octanol–water partition coefficient (Wildman–Crippen LogP) is 11.3. The molecule has 1 N–H and O–H groups in total. The summed E-state index contributed by atoms with van der Waals surface area (Å²) in [6, 6.07) is 6.03. The number of ether oxygens (including phenoxy) is 3. The molecule has 302 valence electrons. The lowest BCUT2D eigenvalue weighted by Crippen LogP contribution is -2.47. The average Bonchev–Trinajstić information content (AvgIpc) is 3.15. The van der Waals surface area contributed by atoms with Gasteiger partial charge in [0.15, 0.2) is 0 Å². The van der Waals surface area contributed by atoms with Gasteiger partial charge in [0.1, 0.15) is 18.1 Å². The first-order chi connectivity index (χ1) is 25.6. The first kappa shape index (κ1) is 46.3. The van der Waals surface area contributed by atoms with E-state index in [1.165, 1.54) is 141 Å². The third kappa shape index (κ3) is 26.0. The maximum Gasteiger partial charge on any atom is 0.306 e.